The van der Waals surface area contributed by atoms with Crippen molar-refractivity contribution in [2.45, 2.75) is 33.2 Å². The molecule has 0 aliphatic carbocycles. The van der Waals surface area contributed by atoms with Crippen LogP contribution in [0.1, 0.15) is 43.4 Å². The van der Waals surface area contributed by atoms with Crippen molar-refractivity contribution in [2.75, 3.05) is 13.2 Å². The first-order valence-corrected chi connectivity index (χ1v) is 7.12. The summed E-state index contributed by atoms with van der Waals surface area (Å²) in [6.07, 6.45) is 4.65. The lowest BCUT2D eigenvalue weighted by Gasteiger charge is -2.17. The summed E-state index contributed by atoms with van der Waals surface area (Å²) in [5.41, 5.74) is 1.05. The Morgan fingerprint density at radius 1 is 1.30 bits per heavy atom. The lowest BCUT2D eigenvalue weighted by Crippen LogP contribution is -2.23. The minimum Gasteiger partial charge on any atom is -0.492 e. The lowest BCUT2D eigenvalue weighted by atomic mass is 10.1. The molecule has 1 atom stereocenters. The first-order chi connectivity index (χ1) is 9.74. The molecule has 0 saturated carbocycles. The maximum Gasteiger partial charge on any atom is 0.137 e. The van der Waals surface area contributed by atoms with Crippen molar-refractivity contribution in [2.24, 2.45) is 0 Å². The van der Waals surface area contributed by atoms with Crippen molar-refractivity contribution in [1.82, 2.24) is 10.3 Å². The summed E-state index contributed by atoms with van der Waals surface area (Å²) in [6.45, 7) is 7.62. The zero-order valence-electron chi connectivity index (χ0n) is 12.3. The van der Waals surface area contributed by atoms with Gasteiger partial charge in [0.15, 0.2) is 0 Å². The summed E-state index contributed by atoms with van der Waals surface area (Å²) in [4.78, 5) is 4.26. The number of aryl methyl sites for hydroxylation is 1. The fourth-order valence-electron chi connectivity index (χ4n) is 2.12. The molecule has 2 aromatic heterocycles. The normalized spacial score (nSPS) is 12.3. The fraction of sp³-hybridized carbons (Fsp3) is 0.438. The second-order valence-corrected chi connectivity index (χ2v) is 4.72. The van der Waals surface area contributed by atoms with Crippen LogP contribution in [0, 0.1) is 6.92 Å². The van der Waals surface area contributed by atoms with Gasteiger partial charge >= 0.3 is 0 Å². The summed E-state index contributed by atoms with van der Waals surface area (Å²) in [5, 5.41) is 3.50. The van der Waals surface area contributed by atoms with E-state index < -0.39 is 0 Å². The summed E-state index contributed by atoms with van der Waals surface area (Å²) in [6, 6.07) is 6.02. The number of aromatic nitrogens is 1. The molecule has 108 valence electrons. The summed E-state index contributed by atoms with van der Waals surface area (Å²) in [7, 11) is 0. The minimum atomic E-state index is 0.0107. The van der Waals surface area contributed by atoms with Crippen LogP contribution >= 0.6 is 0 Å². The third kappa shape index (κ3) is 3.61. The Labute approximate surface area is 120 Å². The lowest BCUT2D eigenvalue weighted by molar-refractivity contribution is 0.337. The number of hydrogen-bond acceptors (Lipinski definition) is 4. The number of ether oxygens (including phenoxy) is 1. The van der Waals surface area contributed by atoms with Crippen LogP contribution in [-0.4, -0.2) is 18.1 Å². The highest BCUT2D eigenvalue weighted by atomic mass is 16.5. The van der Waals surface area contributed by atoms with Crippen molar-refractivity contribution in [3.8, 4) is 5.75 Å². The van der Waals surface area contributed by atoms with Crippen molar-refractivity contribution in [3.63, 3.8) is 0 Å². The van der Waals surface area contributed by atoms with E-state index in [1.54, 1.807) is 6.20 Å². The molecule has 2 heterocycles. The highest BCUT2D eigenvalue weighted by Gasteiger charge is 2.17. The maximum absolute atomic E-state index is 5.77. The second-order valence-electron chi connectivity index (χ2n) is 4.72. The van der Waals surface area contributed by atoms with Gasteiger partial charge in [0.2, 0.25) is 0 Å². The summed E-state index contributed by atoms with van der Waals surface area (Å²) >= 11 is 0. The predicted molar refractivity (Wildman–Crippen MR) is 79.0 cm³/mol. The molecule has 0 saturated heterocycles. The van der Waals surface area contributed by atoms with E-state index in [-0.39, 0.29) is 6.04 Å². The molecule has 0 aliphatic heterocycles. The molecule has 1 N–H and O–H groups in total. The Bertz CT molecular complexity index is 537. The molecule has 2 aromatic rings. The molecule has 0 amide bonds. The van der Waals surface area contributed by atoms with Crippen LogP contribution in [0.4, 0.5) is 0 Å². The average Bonchev–Trinajstić information content (AvgIpc) is 2.87. The predicted octanol–water partition coefficient (Wildman–Crippen LogP) is 3.47. The van der Waals surface area contributed by atoms with E-state index in [9.17, 15) is 0 Å². The largest absolute Gasteiger partial charge is 0.492 e. The van der Waals surface area contributed by atoms with Gasteiger partial charge in [-0.1, -0.05) is 6.92 Å². The number of nitrogens with one attached hydrogen (secondary N) is 1. The molecule has 2 rings (SSSR count). The molecular formula is C16H22N2O2. The first kappa shape index (κ1) is 14.6. The number of pyridine rings is 1. The van der Waals surface area contributed by atoms with Crippen molar-refractivity contribution < 1.29 is 9.15 Å². The Morgan fingerprint density at radius 2 is 2.15 bits per heavy atom. The molecule has 4 heteroatoms. The number of rotatable bonds is 7. The fourth-order valence-corrected chi connectivity index (χ4v) is 2.12. The maximum atomic E-state index is 5.77. The van der Waals surface area contributed by atoms with E-state index in [2.05, 4.69) is 17.2 Å². The molecule has 0 aromatic carbocycles. The third-order valence-electron chi connectivity index (χ3n) is 3.02. The number of nitrogens with zero attached hydrogens (tertiary/aromatic N) is 1. The van der Waals surface area contributed by atoms with E-state index >= 15 is 0 Å². The van der Waals surface area contributed by atoms with Gasteiger partial charge < -0.3 is 14.5 Å². The van der Waals surface area contributed by atoms with Crippen LogP contribution in [0.15, 0.2) is 35.0 Å². The Balaban J connectivity index is 2.28. The van der Waals surface area contributed by atoms with E-state index in [0.717, 1.165) is 35.8 Å². The van der Waals surface area contributed by atoms with Crippen molar-refractivity contribution in [3.05, 3.63) is 47.7 Å². The van der Waals surface area contributed by atoms with E-state index in [0.29, 0.717) is 6.61 Å². The molecular weight excluding hydrogens is 252 g/mol. The van der Waals surface area contributed by atoms with Crippen LogP contribution in [0.2, 0.25) is 0 Å². The third-order valence-corrected chi connectivity index (χ3v) is 3.02. The topological polar surface area (TPSA) is 47.3 Å². The van der Waals surface area contributed by atoms with Gasteiger partial charge in [-0.2, -0.15) is 0 Å². The average molecular weight is 274 g/mol. The first-order valence-electron chi connectivity index (χ1n) is 7.12. The van der Waals surface area contributed by atoms with Gasteiger partial charge in [0.1, 0.15) is 17.3 Å². The molecule has 0 radical (unpaired) electrons. The van der Waals surface area contributed by atoms with Crippen LogP contribution in [0.3, 0.4) is 0 Å². The molecule has 4 nitrogen and oxygen atoms in total. The zero-order valence-corrected chi connectivity index (χ0v) is 12.3. The highest BCUT2D eigenvalue weighted by molar-refractivity contribution is 5.31. The summed E-state index contributed by atoms with van der Waals surface area (Å²) < 4.78 is 11.3. The quantitative estimate of drug-likeness (QED) is 0.839. The van der Waals surface area contributed by atoms with Gasteiger partial charge in [0.05, 0.1) is 18.8 Å². The molecule has 0 bridgehead atoms. The SMILES string of the molecule is CCCNC(c1cncc(OCC)c1)c1ccc(C)o1. The van der Waals surface area contributed by atoms with E-state index in [1.807, 2.05) is 38.2 Å². The van der Waals surface area contributed by atoms with Crippen LogP contribution in [-0.2, 0) is 0 Å². The standard InChI is InChI=1S/C16H22N2O2/c1-4-8-18-16(15-7-6-12(3)20-15)13-9-14(19-5-2)11-17-10-13/h6-7,9-11,16,18H,4-5,8H2,1-3H3. The van der Waals surface area contributed by atoms with E-state index in [4.69, 9.17) is 9.15 Å². The van der Waals surface area contributed by atoms with Gasteiger partial charge in [0.25, 0.3) is 0 Å². The number of hydrogen-bond donors (Lipinski definition) is 1. The van der Waals surface area contributed by atoms with Crippen LogP contribution in [0.5, 0.6) is 5.75 Å². The van der Waals surface area contributed by atoms with E-state index in [1.165, 1.54) is 0 Å². The van der Waals surface area contributed by atoms with Gasteiger partial charge in [-0.3, -0.25) is 4.98 Å². The van der Waals surface area contributed by atoms with Crippen molar-refractivity contribution in [1.29, 1.82) is 0 Å². The van der Waals surface area contributed by atoms with Gasteiger partial charge in [-0.15, -0.1) is 0 Å². The van der Waals surface area contributed by atoms with Gasteiger partial charge in [-0.25, -0.2) is 0 Å². The molecule has 20 heavy (non-hydrogen) atoms. The van der Waals surface area contributed by atoms with Crippen LogP contribution < -0.4 is 10.1 Å². The zero-order chi connectivity index (χ0) is 14.4. The minimum absolute atomic E-state index is 0.0107. The van der Waals surface area contributed by atoms with Crippen LogP contribution in [0.25, 0.3) is 0 Å². The summed E-state index contributed by atoms with van der Waals surface area (Å²) in [5.74, 6) is 2.61. The molecule has 0 aliphatic rings. The Kier molecular flexibility index (Phi) is 5.18. The van der Waals surface area contributed by atoms with Crippen molar-refractivity contribution >= 4 is 0 Å². The second kappa shape index (κ2) is 7.10. The highest BCUT2D eigenvalue weighted by Crippen LogP contribution is 2.25. The number of furan rings is 1. The Hall–Kier alpha value is -1.81. The molecule has 1 unspecified atom stereocenters. The Morgan fingerprint density at radius 3 is 2.80 bits per heavy atom. The molecule has 0 spiro atoms. The van der Waals surface area contributed by atoms with Gasteiger partial charge in [0, 0.05) is 6.20 Å². The smallest absolute Gasteiger partial charge is 0.137 e. The van der Waals surface area contributed by atoms with Gasteiger partial charge in [-0.05, 0) is 50.6 Å². The monoisotopic (exact) mass is 274 g/mol. The molecule has 0 fully saturated rings.